The number of hydrogen-bond donors (Lipinski definition) is 1. The lowest BCUT2D eigenvalue weighted by Crippen LogP contribution is -2.40. The second-order valence-corrected chi connectivity index (χ2v) is 9.13. The van der Waals surface area contributed by atoms with Crippen molar-refractivity contribution in [3.05, 3.63) is 88.4 Å². The summed E-state index contributed by atoms with van der Waals surface area (Å²) in [5.74, 6) is 0.107. The third-order valence-electron chi connectivity index (χ3n) is 4.49. The van der Waals surface area contributed by atoms with Crippen molar-refractivity contribution in [2.45, 2.75) is 11.4 Å². The Morgan fingerprint density at radius 2 is 1.65 bits per heavy atom. The lowest BCUT2D eigenvalue weighted by Gasteiger charge is -2.25. The van der Waals surface area contributed by atoms with E-state index in [1.807, 2.05) is 18.2 Å². The first kappa shape index (κ1) is 22.9. The fraction of sp³-hybridized carbons (Fsp3) is 0.136. The molecule has 0 spiro atoms. The van der Waals surface area contributed by atoms with Gasteiger partial charge >= 0.3 is 0 Å². The van der Waals surface area contributed by atoms with E-state index < -0.39 is 22.5 Å². The molecule has 0 aliphatic heterocycles. The zero-order valence-electron chi connectivity index (χ0n) is 16.6. The second kappa shape index (κ2) is 10.0. The molecule has 6 nitrogen and oxygen atoms in total. The maximum atomic E-state index is 13.3. The van der Waals surface area contributed by atoms with E-state index in [-0.39, 0.29) is 27.2 Å². The van der Waals surface area contributed by atoms with Crippen molar-refractivity contribution >= 4 is 44.8 Å². The number of carbonyl (C=O) groups excluding carboxylic acids is 1. The van der Waals surface area contributed by atoms with Crippen LogP contribution in [0.1, 0.15) is 5.56 Å². The predicted molar refractivity (Wildman–Crippen MR) is 122 cm³/mol. The number of para-hydroxylation sites is 1. The largest absolute Gasteiger partial charge is 0.496 e. The van der Waals surface area contributed by atoms with E-state index in [9.17, 15) is 13.2 Å². The first-order valence-electron chi connectivity index (χ1n) is 9.25. The quantitative estimate of drug-likeness (QED) is 0.516. The summed E-state index contributed by atoms with van der Waals surface area (Å²) in [6.07, 6.45) is 0. The molecule has 0 heterocycles. The molecule has 3 rings (SSSR count). The number of rotatable bonds is 8. The highest BCUT2D eigenvalue weighted by molar-refractivity contribution is 7.92. The molecule has 0 aromatic heterocycles. The van der Waals surface area contributed by atoms with Gasteiger partial charge in [0.15, 0.2) is 0 Å². The van der Waals surface area contributed by atoms with E-state index in [1.54, 1.807) is 36.4 Å². The van der Waals surface area contributed by atoms with Crippen LogP contribution in [-0.2, 0) is 21.4 Å². The molecule has 1 amide bonds. The highest BCUT2D eigenvalue weighted by atomic mass is 35.5. The molecule has 0 fully saturated rings. The molecule has 0 saturated carbocycles. The van der Waals surface area contributed by atoms with Gasteiger partial charge in [0, 0.05) is 12.1 Å². The number of nitrogens with one attached hydrogen (secondary N) is 1. The van der Waals surface area contributed by atoms with Crippen LogP contribution in [0.3, 0.4) is 0 Å². The van der Waals surface area contributed by atoms with Crippen LogP contribution in [0.2, 0.25) is 10.0 Å². The van der Waals surface area contributed by atoms with Gasteiger partial charge in [-0.25, -0.2) is 8.42 Å². The summed E-state index contributed by atoms with van der Waals surface area (Å²) in [5.41, 5.74) is 0.877. The number of halogens is 2. The molecule has 162 valence electrons. The Bertz CT molecular complexity index is 1170. The summed E-state index contributed by atoms with van der Waals surface area (Å²) >= 11 is 12.4. The van der Waals surface area contributed by atoms with Crippen LogP contribution in [0.15, 0.2) is 77.7 Å². The lowest BCUT2D eigenvalue weighted by atomic mass is 10.2. The smallest absolute Gasteiger partial charge is 0.264 e. The minimum absolute atomic E-state index is 0.0311. The van der Waals surface area contributed by atoms with Gasteiger partial charge in [-0.1, -0.05) is 65.7 Å². The van der Waals surface area contributed by atoms with Crippen molar-refractivity contribution in [2.24, 2.45) is 0 Å². The second-order valence-electron chi connectivity index (χ2n) is 6.49. The Morgan fingerprint density at radius 1 is 0.968 bits per heavy atom. The van der Waals surface area contributed by atoms with E-state index in [2.05, 4.69) is 5.32 Å². The van der Waals surface area contributed by atoms with Gasteiger partial charge in [-0.2, -0.15) is 0 Å². The summed E-state index contributed by atoms with van der Waals surface area (Å²) in [6, 6.07) is 19.7. The summed E-state index contributed by atoms with van der Waals surface area (Å²) in [6.45, 7) is -0.308. The summed E-state index contributed by atoms with van der Waals surface area (Å²) < 4.78 is 32.9. The van der Waals surface area contributed by atoms with Gasteiger partial charge in [0.1, 0.15) is 12.3 Å². The maximum Gasteiger partial charge on any atom is 0.264 e. The fourth-order valence-corrected chi connectivity index (χ4v) is 4.84. The van der Waals surface area contributed by atoms with Crippen molar-refractivity contribution in [1.82, 2.24) is 5.32 Å². The van der Waals surface area contributed by atoms with Crippen molar-refractivity contribution < 1.29 is 17.9 Å². The minimum atomic E-state index is -4.08. The van der Waals surface area contributed by atoms with Crippen LogP contribution >= 0.6 is 23.2 Å². The first-order chi connectivity index (χ1) is 14.8. The molecule has 0 saturated heterocycles. The summed E-state index contributed by atoms with van der Waals surface area (Å²) in [4.78, 5) is 12.8. The van der Waals surface area contributed by atoms with Gasteiger partial charge in [-0.15, -0.1) is 0 Å². The topological polar surface area (TPSA) is 75.7 Å². The molecule has 3 aromatic rings. The summed E-state index contributed by atoms with van der Waals surface area (Å²) in [7, 11) is -2.54. The molecule has 0 atom stereocenters. The number of nitrogens with zero attached hydrogens (tertiary/aromatic N) is 1. The van der Waals surface area contributed by atoms with Crippen LogP contribution in [0, 0.1) is 0 Å². The molecular weight excluding hydrogens is 459 g/mol. The molecule has 9 heteroatoms. The molecule has 0 bridgehead atoms. The fourth-order valence-electron chi connectivity index (χ4n) is 2.93. The van der Waals surface area contributed by atoms with Crippen LogP contribution in [0.5, 0.6) is 5.75 Å². The van der Waals surface area contributed by atoms with Crippen LogP contribution in [-0.4, -0.2) is 28.0 Å². The third-order valence-corrected chi connectivity index (χ3v) is 7.07. The van der Waals surface area contributed by atoms with Crippen LogP contribution in [0.4, 0.5) is 5.69 Å². The number of sulfonamides is 1. The van der Waals surface area contributed by atoms with E-state index in [0.29, 0.717) is 5.75 Å². The van der Waals surface area contributed by atoms with Gasteiger partial charge in [-0.3, -0.25) is 9.10 Å². The van der Waals surface area contributed by atoms with Gasteiger partial charge in [0.05, 0.1) is 27.7 Å². The number of hydrogen-bond acceptors (Lipinski definition) is 4. The molecular formula is C22H20Cl2N2O4S. The Kier molecular flexibility index (Phi) is 7.43. The normalized spacial score (nSPS) is 11.1. The molecule has 1 N–H and O–H groups in total. The Morgan fingerprint density at radius 3 is 2.35 bits per heavy atom. The summed E-state index contributed by atoms with van der Waals surface area (Å²) in [5, 5.41) is 2.96. The molecule has 3 aromatic carbocycles. The number of amides is 1. The average molecular weight is 479 g/mol. The van der Waals surface area contributed by atoms with Crippen LogP contribution in [0.25, 0.3) is 0 Å². The number of anilines is 1. The Balaban J connectivity index is 1.90. The van der Waals surface area contributed by atoms with Gasteiger partial charge in [0.2, 0.25) is 5.91 Å². The zero-order chi connectivity index (χ0) is 22.4. The highest BCUT2D eigenvalue weighted by Crippen LogP contribution is 2.35. The average Bonchev–Trinajstić information content (AvgIpc) is 2.79. The van der Waals surface area contributed by atoms with Crippen molar-refractivity contribution in [3.63, 3.8) is 0 Å². The van der Waals surface area contributed by atoms with Gasteiger partial charge in [0.25, 0.3) is 10.0 Å². The third kappa shape index (κ3) is 5.31. The van der Waals surface area contributed by atoms with Crippen molar-refractivity contribution in [1.29, 1.82) is 0 Å². The number of ether oxygens (including phenoxy) is 1. The standard InChI is InChI=1S/C22H20Cl2N2O4S/c1-30-20-13-6-5-8-16(20)14-25-21(27)15-26(19-12-7-11-18(23)22(19)24)31(28,29)17-9-3-2-4-10-17/h2-13H,14-15H2,1H3,(H,25,27). The maximum absolute atomic E-state index is 13.3. The Hall–Kier alpha value is -2.74. The van der Waals surface area contributed by atoms with Gasteiger partial charge in [-0.05, 0) is 30.3 Å². The monoisotopic (exact) mass is 478 g/mol. The Labute approximate surface area is 191 Å². The van der Waals surface area contributed by atoms with E-state index in [0.717, 1.165) is 9.87 Å². The first-order valence-corrected chi connectivity index (χ1v) is 11.4. The van der Waals surface area contributed by atoms with E-state index in [1.165, 1.54) is 25.3 Å². The minimum Gasteiger partial charge on any atom is -0.496 e. The molecule has 0 unspecified atom stereocenters. The molecule has 0 aliphatic rings. The molecule has 0 aliphatic carbocycles. The van der Waals surface area contributed by atoms with Crippen molar-refractivity contribution in [2.75, 3.05) is 18.0 Å². The lowest BCUT2D eigenvalue weighted by molar-refractivity contribution is -0.119. The van der Waals surface area contributed by atoms with Crippen molar-refractivity contribution in [3.8, 4) is 5.75 Å². The number of benzene rings is 3. The van der Waals surface area contributed by atoms with E-state index in [4.69, 9.17) is 27.9 Å². The van der Waals surface area contributed by atoms with Crippen LogP contribution < -0.4 is 14.4 Å². The number of carbonyl (C=O) groups is 1. The highest BCUT2D eigenvalue weighted by Gasteiger charge is 2.29. The molecule has 31 heavy (non-hydrogen) atoms. The zero-order valence-corrected chi connectivity index (χ0v) is 18.9. The predicted octanol–water partition coefficient (Wildman–Crippen LogP) is 4.51. The molecule has 0 radical (unpaired) electrons. The SMILES string of the molecule is COc1ccccc1CNC(=O)CN(c1cccc(Cl)c1Cl)S(=O)(=O)c1ccccc1. The number of methoxy groups -OCH3 is 1. The van der Waals surface area contributed by atoms with E-state index >= 15 is 0 Å². The van der Waals surface area contributed by atoms with Gasteiger partial charge < -0.3 is 10.1 Å².